The van der Waals surface area contributed by atoms with Crippen LogP contribution in [0.2, 0.25) is 5.02 Å². The van der Waals surface area contributed by atoms with Crippen LogP contribution in [0.25, 0.3) is 0 Å². The van der Waals surface area contributed by atoms with Crippen LogP contribution in [0.5, 0.6) is 0 Å². The quantitative estimate of drug-likeness (QED) is 0.838. The first-order chi connectivity index (χ1) is 8.91. The van der Waals surface area contributed by atoms with Crippen molar-refractivity contribution in [3.8, 4) is 0 Å². The number of carboxylic acid groups (broad SMARTS) is 1. The van der Waals surface area contributed by atoms with Gasteiger partial charge < -0.3 is 15.2 Å². The van der Waals surface area contributed by atoms with Gasteiger partial charge >= 0.3 is 5.97 Å². The van der Waals surface area contributed by atoms with Crippen molar-refractivity contribution >= 4 is 23.5 Å². The Kier molecular flexibility index (Phi) is 5.79. The number of carbonyl (C=O) groups excluding carboxylic acids is 1. The smallest absolute Gasteiger partial charge is 0.332 e. The van der Waals surface area contributed by atoms with Gasteiger partial charge in [0.1, 0.15) is 6.61 Å². The van der Waals surface area contributed by atoms with E-state index >= 15 is 0 Å². The van der Waals surface area contributed by atoms with Crippen molar-refractivity contribution in [3.05, 3.63) is 34.9 Å². The molecular formula is C13H16ClNO4. The first-order valence-corrected chi connectivity index (χ1v) is 6.17. The molecule has 2 atom stereocenters. The van der Waals surface area contributed by atoms with E-state index in [4.69, 9.17) is 21.4 Å². The van der Waals surface area contributed by atoms with Crippen molar-refractivity contribution in [2.75, 3.05) is 6.61 Å². The van der Waals surface area contributed by atoms with E-state index in [2.05, 4.69) is 5.32 Å². The largest absolute Gasteiger partial charge is 0.479 e. The molecule has 0 aromatic heterocycles. The molecule has 0 aliphatic rings. The number of benzene rings is 1. The van der Waals surface area contributed by atoms with E-state index in [1.54, 1.807) is 19.1 Å². The molecule has 1 rings (SSSR count). The van der Waals surface area contributed by atoms with Crippen LogP contribution in [0.4, 0.5) is 0 Å². The van der Waals surface area contributed by atoms with E-state index in [9.17, 15) is 9.59 Å². The molecule has 6 heteroatoms. The Hall–Kier alpha value is -1.59. The van der Waals surface area contributed by atoms with Gasteiger partial charge in [-0.3, -0.25) is 4.79 Å². The lowest BCUT2D eigenvalue weighted by molar-refractivity contribution is -0.150. The fourth-order valence-corrected chi connectivity index (χ4v) is 1.76. The van der Waals surface area contributed by atoms with Gasteiger partial charge in [-0.15, -0.1) is 0 Å². The number of hydrogen-bond acceptors (Lipinski definition) is 3. The minimum Gasteiger partial charge on any atom is -0.479 e. The lowest BCUT2D eigenvalue weighted by Gasteiger charge is -2.16. The summed E-state index contributed by atoms with van der Waals surface area (Å²) in [6, 6.07) is 6.91. The highest BCUT2D eigenvalue weighted by Gasteiger charge is 2.15. The second kappa shape index (κ2) is 7.11. The summed E-state index contributed by atoms with van der Waals surface area (Å²) in [6.07, 6.45) is -1.01. The Bertz CT molecular complexity index is 464. The second-order valence-electron chi connectivity index (χ2n) is 4.10. The predicted octanol–water partition coefficient (Wildman–Crippen LogP) is 2.01. The minimum atomic E-state index is -1.10. The molecule has 0 radical (unpaired) electrons. The van der Waals surface area contributed by atoms with Crippen LogP contribution in [0.1, 0.15) is 25.5 Å². The summed E-state index contributed by atoms with van der Waals surface area (Å²) >= 11 is 6.01. The van der Waals surface area contributed by atoms with Crippen molar-refractivity contribution < 1.29 is 19.4 Å². The number of rotatable bonds is 6. The molecule has 0 saturated carbocycles. The van der Waals surface area contributed by atoms with Crippen molar-refractivity contribution in [2.24, 2.45) is 0 Å². The van der Waals surface area contributed by atoms with Gasteiger partial charge in [0.2, 0.25) is 5.91 Å². The predicted molar refractivity (Wildman–Crippen MR) is 71.1 cm³/mol. The Labute approximate surface area is 116 Å². The molecule has 0 saturated heterocycles. The van der Waals surface area contributed by atoms with Crippen molar-refractivity contribution in [2.45, 2.75) is 26.0 Å². The van der Waals surface area contributed by atoms with Crippen LogP contribution in [0.15, 0.2) is 24.3 Å². The topological polar surface area (TPSA) is 75.6 Å². The number of hydrogen-bond donors (Lipinski definition) is 2. The Balaban J connectivity index is 2.49. The maximum atomic E-state index is 11.6. The molecule has 0 spiro atoms. The first-order valence-electron chi connectivity index (χ1n) is 5.80. The summed E-state index contributed by atoms with van der Waals surface area (Å²) in [7, 11) is 0. The molecule has 19 heavy (non-hydrogen) atoms. The lowest BCUT2D eigenvalue weighted by atomic mass is 10.1. The van der Waals surface area contributed by atoms with Crippen LogP contribution in [-0.4, -0.2) is 29.7 Å². The van der Waals surface area contributed by atoms with Gasteiger partial charge in [-0.1, -0.05) is 29.8 Å². The van der Waals surface area contributed by atoms with Gasteiger partial charge in [-0.05, 0) is 25.5 Å². The third kappa shape index (κ3) is 4.89. The van der Waals surface area contributed by atoms with Gasteiger partial charge in [0.05, 0.1) is 6.04 Å². The molecule has 1 amide bonds. The number of amides is 1. The van der Waals surface area contributed by atoms with E-state index < -0.39 is 12.1 Å². The van der Waals surface area contributed by atoms with Gasteiger partial charge in [0.25, 0.3) is 0 Å². The standard InChI is InChI=1S/C13H16ClNO4/c1-8(10-5-3-4-6-11(10)14)15-12(16)7-19-9(2)13(17)18/h3-6,8-9H,7H2,1-2H3,(H,15,16)(H,17,18)/t8?,9-/m0/s1. The molecule has 1 aromatic carbocycles. The average molecular weight is 286 g/mol. The average Bonchev–Trinajstić information content (AvgIpc) is 2.36. The summed E-state index contributed by atoms with van der Waals surface area (Å²) in [5.74, 6) is -1.49. The van der Waals surface area contributed by atoms with Crippen LogP contribution in [-0.2, 0) is 14.3 Å². The highest BCUT2D eigenvalue weighted by atomic mass is 35.5. The van der Waals surface area contributed by atoms with Crippen LogP contribution < -0.4 is 5.32 Å². The fourth-order valence-electron chi connectivity index (χ4n) is 1.46. The molecule has 104 valence electrons. The summed E-state index contributed by atoms with van der Waals surface area (Å²) in [6.45, 7) is 2.86. The number of nitrogens with one attached hydrogen (secondary N) is 1. The summed E-state index contributed by atoms with van der Waals surface area (Å²) in [5.41, 5.74) is 0.795. The molecule has 2 N–H and O–H groups in total. The molecule has 5 nitrogen and oxygen atoms in total. The first kappa shape index (κ1) is 15.5. The van der Waals surface area contributed by atoms with Crippen molar-refractivity contribution in [3.63, 3.8) is 0 Å². The second-order valence-corrected chi connectivity index (χ2v) is 4.51. The zero-order valence-corrected chi connectivity index (χ0v) is 11.5. The molecule has 0 bridgehead atoms. The monoisotopic (exact) mass is 285 g/mol. The third-order valence-electron chi connectivity index (χ3n) is 2.56. The number of carboxylic acids is 1. The highest BCUT2D eigenvalue weighted by Crippen LogP contribution is 2.21. The maximum Gasteiger partial charge on any atom is 0.332 e. The minimum absolute atomic E-state index is 0.273. The van der Waals surface area contributed by atoms with E-state index in [0.29, 0.717) is 5.02 Å². The van der Waals surface area contributed by atoms with E-state index in [1.165, 1.54) is 6.92 Å². The lowest BCUT2D eigenvalue weighted by Crippen LogP contribution is -2.33. The number of aliphatic carboxylic acids is 1. The van der Waals surface area contributed by atoms with E-state index in [0.717, 1.165) is 5.56 Å². The molecule has 1 unspecified atom stereocenters. The van der Waals surface area contributed by atoms with Crippen LogP contribution in [0, 0.1) is 0 Å². The maximum absolute atomic E-state index is 11.6. The third-order valence-corrected chi connectivity index (χ3v) is 2.91. The van der Waals surface area contributed by atoms with Crippen molar-refractivity contribution in [1.29, 1.82) is 0 Å². The zero-order valence-electron chi connectivity index (χ0n) is 10.7. The van der Waals surface area contributed by atoms with E-state index in [-0.39, 0.29) is 18.6 Å². The van der Waals surface area contributed by atoms with Gasteiger partial charge in [0.15, 0.2) is 6.10 Å². The Morgan fingerprint density at radius 2 is 2.00 bits per heavy atom. The number of carbonyl (C=O) groups is 2. The molecule has 0 aliphatic heterocycles. The molecule has 1 aromatic rings. The highest BCUT2D eigenvalue weighted by molar-refractivity contribution is 6.31. The van der Waals surface area contributed by atoms with Gasteiger partial charge in [-0.2, -0.15) is 0 Å². The van der Waals surface area contributed by atoms with E-state index in [1.807, 2.05) is 12.1 Å². The summed E-state index contributed by atoms with van der Waals surface area (Å²) < 4.78 is 4.89. The normalized spacial score (nSPS) is 13.6. The summed E-state index contributed by atoms with van der Waals surface area (Å²) in [4.78, 5) is 22.1. The Morgan fingerprint density at radius 1 is 1.37 bits per heavy atom. The summed E-state index contributed by atoms with van der Waals surface area (Å²) in [5, 5.41) is 11.9. The van der Waals surface area contributed by atoms with Gasteiger partial charge in [-0.25, -0.2) is 4.79 Å². The van der Waals surface area contributed by atoms with Crippen molar-refractivity contribution in [1.82, 2.24) is 5.32 Å². The molecule has 0 fully saturated rings. The number of halogens is 1. The molecular weight excluding hydrogens is 270 g/mol. The molecule has 0 heterocycles. The Morgan fingerprint density at radius 3 is 2.58 bits per heavy atom. The fraction of sp³-hybridized carbons (Fsp3) is 0.385. The molecule has 0 aliphatic carbocycles. The number of ether oxygens (including phenoxy) is 1. The van der Waals surface area contributed by atoms with Crippen LogP contribution >= 0.6 is 11.6 Å². The zero-order chi connectivity index (χ0) is 14.4. The van der Waals surface area contributed by atoms with Crippen LogP contribution in [0.3, 0.4) is 0 Å². The van der Waals surface area contributed by atoms with Gasteiger partial charge in [0, 0.05) is 5.02 Å². The SMILES string of the molecule is CC(NC(=O)CO[C@@H](C)C(=O)O)c1ccccc1Cl.